The Bertz CT molecular complexity index is 964. The molecule has 1 aliphatic heterocycles. The molecule has 1 fully saturated rings. The molecule has 1 heterocycles. The van der Waals surface area contributed by atoms with Gasteiger partial charge in [0.1, 0.15) is 0 Å². The number of hydrogen-bond acceptors (Lipinski definition) is 6. The largest absolute Gasteiger partial charge is 0.455 e. The molecule has 1 unspecified atom stereocenters. The van der Waals surface area contributed by atoms with Crippen LogP contribution in [0.4, 0.5) is 0 Å². The van der Waals surface area contributed by atoms with Gasteiger partial charge < -0.3 is 18.6 Å². The van der Waals surface area contributed by atoms with E-state index < -0.39 is 44.2 Å². The monoisotopic (exact) mass is 498 g/mol. The first-order valence-corrected chi connectivity index (χ1v) is 14.1. The zero-order chi connectivity index (χ0) is 25.9. The topological polar surface area (TPSA) is 71.1 Å². The third-order valence-corrected chi connectivity index (χ3v) is 12.1. The average molecular weight is 499 g/mol. The summed E-state index contributed by atoms with van der Waals surface area (Å²) in [5.41, 5.74) is -0.600. The van der Waals surface area contributed by atoms with Crippen LogP contribution in [-0.2, 0) is 28.2 Å². The van der Waals surface area contributed by atoms with E-state index in [1.165, 1.54) is 24.2 Å². The molecule has 0 aliphatic carbocycles. The van der Waals surface area contributed by atoms with Crippen LogP contribution in [0.25, 0.3) is 0 Å². The van der Waals surface area contributed by atoms with Crippen molar-refractivity contribution in [1.82, 2.24) is 0 Å². The molecule has 0 radical (unpaired) electrons. The van der Waals surface area contributed by atoms with E-state index in [0.29, 0.717) is 6.42 Å². The van der Waals surface area contributed by atoms with Crippen LogP contribution >= 0.6 is 0 Å². The van der Waals surface area contributed by atoms with Crippen molar-refractivity contribution in [3.8, 4) is 0 Å². The smallest absolute Gasteiger partial charge is 0.305 e. The molecule has 0 N–H and O–H groups in total. The van der Waals surface area contributed by atoms with E-state index in [1.807, 2.05) is 50.2 Å². The fourth-order valence-electron chi connectivity index (χ4n) is 5.13. The highest BCUT2D eigenvalue weighted by Crippen LogP contribution is 2.45. The standard InChI is InChI=1S/C28H38O6Si/c1-8-28(7)24(34-26(33-21(3)30)25(28)32-20(2)29)19-31-35(27(4,5)6,22-15-11-9-12-16-22)23-17-13-10-14-18-23/h9-18,24-26H,8,19H2,1-7H3/t24-,25+,26?,28-/m1/s1. The minimum Gasteiger partial charge on any atom is -0.455 e. The van der Waals surface area contributed by atoms with Crippen molar-refractivity contribution in [3.63, 3.8) is 0 Å². The molecule has 0 saturated carbocycles. The zero-order valence-corrected chi connectivity index (χ0v) is 22.9. The van der Waals surface area contributed by atoms with Gasteiger partial charge in [-0.05, 0) is 21.8 Å². The lowest BCUT2D eigenvalue weighted by Gasteiger charge is -2.44. The van der Waals surface area contributed by atoms with E-state index in [4.69, 9.17) is 18.6 Å². The second kappa shape index (κ2) is 10.6. The van der Waals surface area contributed by atoms with Crippen molar-refractivity contribution < 1.29 is 28.2 Å². The minimum atomic E-state index is -2.80. The molecular weight excluding hydrogens is 460 g/mol. The van der Waals surface area contributed by atoms with Crippen LogP contribution in [0.5, 0.6) is 0 Å². The molecule has 35 heavy (non-hydrogen) atoms. The van der Waals surface area contributed by atoms with Gasteiger partial charge in [0.2, 0.25) is 6.29 Å². The van der Waals surface area contributed by atoms with Gasteiger partial charge in [0, 0.05) is 19.3 Å². The Morgan fingerprint density at radius 2 is 1.40 bits per heavy atom. The van der Waals surface area contributed by atoms with Gasteiger partial charge in [-0.2, -0.15) is 0 Å². The van der Waals surface area contributed by atoms with Crippen molar-refractivity contribution in [3.05, 3.63) is 60.7 Å². The lowest BCUT2D eigenvalue weighted by Crippen LogP contribution is -2.67. The molecule has 3 rings (SSSR count). The van der Waals surface area contributed by atoms with Crippen LogP contribution in [0.3, 0.4) is 0 Å². The predicted octanol–water partition coefficient (Wildman–Crippen LogP) is 4.20. The summed E-state index contributed by atoms with van der Waals surface area (Å²) in [5, 5.41) is 2.15. The SMILES string of the molecule is CC[C@]1(C)[C@@H](CO[Si](c2ccccc2)(c2ccccc2)C(C)(C)C)OC(OC(C)=O)[C@@H]1OC(C)=O. The highest BCUT2D eigenvalue weighted by molar-refractivity contribution is 6.99. The molecule has 1 aliphatic rings. The molecule has 190 valence electrons. The van der Waals surface area contributed by atoms with E-state index >= 15 is 0 Å². The molecule has 2 aromatic carbocycles. The second-order valence-corrected chi connectivity index (χ2v) is 14.8. The summed E-state index contributed by atoms with van der Waals surface area (Å²) in [4.78, 5) is 23.7. The first-order valence-electron chi connectivity index (χ1n) is 12.2. The first-order chi connectivity index (χ1) is 16.5. The quantitative estimate of drug-likeness (QED) is 0.401. The summed E-state index contributed by atoms with van der Waals surface area (Å²) >= 11 is 0. The number of rotatable bonds is 8. The fraction of sp³-hybridized carbons (Fsp3) is 0.500. The summed E-state index contributed by atoms with van der Waals surface area (Å²) in [6.45, 7) is 13.6. The van der Waals surface area contributed by atoms with Crippen molar-refractivity contribution in [1.29, 1.82) is 0 Å². The van der Waals surface area contributed by atoms with E-state index in [2.05, 4.69) is 45.0 Å². The third-order valence-electron chi connectivity index (χ3n) is 7.14. The first kappa shape index (κ1) is 27.1. The summed E-state index contributed by atoms with van der Waals surface area (Å²) in [6, 6.07) is 20.8. The van der Waals surface area contributed by atoms with E-state index in [-0.39, 0.29) is 11.6 Å². The van der Waals surface area contributed by atoms with Gasteiger partial charge in [-0.3, -0.25) is 9.59 Å². The molecule has 7 heteroatoms. The summed E-state index contributed by atoms with van der Waals surface area (Å²) in [6.07, 6.45) is -1.49. The fourth-order valence-corrected chi connectivity index (χ4v) is 9.68. The van der Waals surface area contributed by atoms with E-state index in [9.17, 15) is 9.59 Å². The number of hydrogen-bond donors (Lipinski definition) is 0. The molecule has 4 atom stereocenters. The van der Waals surface area contributed by atoms with Crippen molar-refractivity contribution in [2.45, 2.75) is 78.4 Å². The molecule has 6 nitrogen and oxygen atoms in total. The summed E-state index contributed by atoms with van der Waals surface area (Å²) in [7, 11) is -2.80. The van der Waals surface area contributed by atoms with Gasteiger partial charge >= 0.3 is 11.9 Å². The van der Waals surface area contributed by atoms with Crippen LogP contribution in [0.2, 0.25) is 5.04 Å². The van der Waals surface area contributed by atoms with Crippen LogP contribution in [0.1, 0.15) is 54.9 Å². The lowest BCUT2D eigenvalue weighted by molar-refractivity contribution is -0.196. The number of ether oxygens (including phenoxy) is 3. The highest BCUT2D eigenvalue weighted by atomic mass is 28.4. The van der Waals surface area contributed by atoms with Gasteiger partial charge in [-0.15, -0.1) is 0 Å². The lowest BCUT2D eigenvalue weighted by atomic mass is 9.78. The molecule has 0 amide bonds. The number of carbonyl (C=O) groups excluding carboxylic acids is 2. The Morgan fingerprint density at radius 3 is 1.80 bits per heavy atom. The maximum Gasteiger partial charge on any atom is 0.305 e. The highest BCUT2D eigenvalue weighted by Gasteiger charge is 2.58. The Kier molecular flexibility index (Phi) is 8.24. The molecule has 1 saturated heterocycles. The van der Waals surface area contributed by atoms with Gasteiger partial charge in [-0.25, -0.2) is 0 Å². The number of esters is 2. The van der Waals surface area contributed by atoms with Crippen LogP contribution in [0.15, 0.2) is 60.7 Å². The van der Waals surface area contributed by atoms with E-state index in [0.717, 1.165) is 0 Å². The van der Waals surface area contributed by atoms with Gasteiger partial charge in [0.15, 0.2) is 6.10 Å². The average Bonchev–Trinajstić information content (AvgIpc) is 3.05. The van der Waals surface area contributed by atoms with E-state index in [1.54, 1.807) is 0 Å². The van der Waals surface area contributed by atoms with Crippen LogP contribution in [0, 0.1) is 5.41 Å². The van der Waals surface area contributed by atoms with Crippen molar-refractivity contribution in [2.75, 3.05) is 6.61 Å². The molecule has 0 aromatic heterocycles. The van der Waals surface area contributed by atoms with Crippen LogP contribution in [-0.4, -0.2) is 45.4 Å². The second-order valence-electron chi connectivity index (χ2n) is 10.5. The van der Waals surface area contributed by atoms with Crippen molar-refractivity contribution >= 4 is 30.6 Å². The van der Waals surface area contributed by atoms with Crippen LogP contribution < -0.4 is 10.4 Å². The third kappa shape index (κ3) is 5.37. The summed E-state index contributed by atoms with van der Waals surface area (Å²) in [5.74, 6) is -0.928. The molecule has 2 aromatic rings. The molecular formula is C28H38O6Si. The number of benzene rings is 2. The maximum atomic E-state index is 11.9. The van der Waals surface area contributed by atoms with Gasteiger partial charge in [-0.1, -0.05) is 95.3 Å². The zero-order valence-electron chi connectivity index (χ0n) is 21.9. The Balaban J connectivity index is 2.04. The Morgan fingerprint density at radius 1 is 0.914 bits per heavy atom. The predicted molar refractivity (Wildman–Crippen MR) is 138 cm³/mol. The number of carbonyl (C=O) groups is 2. The minimum absolute atomic E-state index is 0.193. The maximum absolute atomic E-state index is 11.9. The van der Waals surface area contributed by atoms with Gasteiger partial charge in [0.05, 0.1) is 12.7 Å². The van der Waals surface area contributed by atoms with Crippen molar-refractivity contribution in [2.24, 2.45) is 5.41 Å². The Hall–Kier alpha value is -2.48. The summed E-state index contributed by atoms with van der Waals surface area (Å²) < 4.78 is 24.4. The normalized spacial score (nSPS) is 24.7. The van der Waals surface area contributed by atoms with Gasteiger partial charge in [0.25, 0.3) is 8.32 Å². The molecule has 0 bridgehead atoms. The Labute approximate surface area is 210 Å². The molecule has 0 spiro atoms.